The van der Waals surface area contributed by atoms with E-state index in [1.165, 1.54) is 0 Å². The van der Waals surface area contributed by atoms with Gasteiger partial charge in [-0.05, 0) is 0 Å². The standard InChI is InChI=1S/C26H28O13/c27-7-13-18(31)21(34)23(36)26(39-13)15-19(32)14-10(28)6-12(9-4-2-1-3-5-9)38-24(14)16(20(15)33)25-22(35)17(30)11(29)8-37-25/h1-6,11,13,17-18,21-23,25-27,29-36H,7-8H2/t11-,13+,17-,18-,21-,22-,23-,25-,26-/m0/s1. The lowest BCUT2D eigenvalue weighted by Gasteiger charge is -2.41. The Kier molecular flexibility index (Phi) is 7.37. The number of phenolic OH excluding ortho intramolecular Hbond substituents is 2. The van der Waals surface area contributed by atoms with Crippen molar-refractivity contribution in [3.05, 3.63) is 57.7 Å². The highest BCUT2D eigenvalue weighted by Gasteiger charge is 2.48. The maximum Gasteiger partial charge on any atom is 0.197 e. The van der Waals surface area contributed by atoms with Gasteiger partial charge in [-0.25, -0.2) is 0 Å². The molecule has 0 radical (unpaired) electrons. The van der Waals surface area contributed by atoms with E-state index in [4.69, 9.17) is 13.9 Å². The molecule has 3 aromatic rings. The fourth-order valence-electron chi connectivity index (χ4n) is 5.09. The summed E-state index contributed by atoms with van der Waals surface area (Å²) in [7, 11) is 0. The smallest absolute Gasteiger partial charge is 0.197 e. The number of benzene rings is 2. The van der Waals surface area contributed by atoms with E-state index in [2.05, 4.69) is 0 Å². The minimum atomic E-state index is -1.95. The summed E-state index contributed by atoms with van der Waals surface area (Å²) >= 11 is 0. The third kappa shape index (κ3) is 4.47. The molecule has 1 aromatic heterocycles. The molecule has 2 aliphatic heterocycles. The molecule has 0 spiro atoms. The zero-order valence-electron chi connectivity index (χ0n) is 20.2. The van der Waals surface area contributed by atoms with Gasteiger partial charge in [-0.3, -0.25) is 4.79 Å². The van der Waals surface area contributed by atoms with Crippen molar-refractivity contribution in [2.45, 2.75) is 54.9 Å². The van der Waals surface area contributed by atoms with E-state index in [1.807, 2.05) is 0 Å². The summed E-state index contributed by atoms with van der Waals surface area (Å²) in [6, 6.07) is 9.45. The van der Waals surface area contributed by atoms with E-state index in [9.17, 15) is 50.8 Å². The van der Waals surface area contributed by atoms with Crippen molar-refractivity contribution in [2.24, 2.45) is 0 Å². The fourth-order valence-corrected chi connectivity index (χ4v) is 5.09. The first kappa shape index (κ1) is 27.5. The second-order valence-electron chi connectivity index (χ2n) is 9.62. The van der Waals surface area contributed by atoms with Crippen molar-refractivity contribution in [3.63, 3.8) is 0 Å². The molecule has 2 aliphatic rings. The van der Waals surface area contributed by atoms with E-state index in [0.717, 1.165) is 6.07 Å². The summed E-state index contributed by atoms with van der Waals surface area (Å²) in [5.41, 5.74) is -1.79. The summed E-state index contributed by atoms with van der Waals surface area (Å²) < 4.78 is 17.0. The van der Waals surface area contributed by atoms with Crippen molar-refractivity contribution in [1.82, 2.24) is 0 Å². The van der Waals surface area contributed by atoms with Crippen LogP contribution in [0.15, 0.2) is 45.6 Å². The normalized spacial score (nSPS) is 33.4. The molecular formula is C26H28O13. The molecule has 39 heavy (non-hydrogen) atoms. The molecule has 0 unspecified atom stereocenters. The van der Waals surface area contributed by atoms with Crippen LogP contribution in [0, 0.1) is 0 Å². The SMILES string of the molecule is O=c1cc(-c2ccccc2)oc2c([C@@H]3OC[C@H](O)[C@H](O)[C@@H]3O)c(O)c([C@@H]3O[C@H](CO)[C@H](O)[C@H](O)[C@@H]3O)c(O)c12. The first-order valence-corrected chi connectivity index (χ1v) is 12.1. The van der Waals surface area contributed by atoms with Gasteiger partial charge in [0.2, 0.25) is 0 Å². The highest BCUT2D eigenvalue weighted by molar-refractivity contribution is 5.91. The molecule has 13 nitrogen and oxygen atoms in total. The third-order valence-electron chi connectivity index (χ3n) is 7.21. The van der Waals surface area contributed by atoms with E-state index in [-0.39, 0.29) is 5.76 Å². The van der Waals surface area contributed by atoms with Crippen molar-refractivity contribution in [2.75, 3.05) is 13.2 Å². The van der Waals surface area contributed by atoms with Gasteiger partial charge < -0.3 is 59.8 Å². The molecule has 9 atom stereocenters. The number of hydrogen-bond donors (Lipinski definition) is 9. The molecule has 0 amide bonds. The minimum absolute atomic E-state index is 0.0274. The van der Waals surface area contributed by atoms with E-state index < -0.39 is 107 Å². The van der Waals surface area contributed by atoms with Crippen LogP contribution in [0.3, 0.4) is 0 Å². The number of rotatable bonds is 4. The van der Waals surface area contributed by atoms with E-state index in [0.29, 0.717) is 5.56 Å². The number of fused-ring (bicyclic) bond motifs is 1. The van der Waals surface area contributed by atoms with Crippen LogP contribution in [-0.2, 0) is 9.47 Å². The van der Waals surface area contributed by atoms with Gasteiger partial charge >= 0.3 is 0 Å². The number of aliphatic hydroxyl groups is 7. The number of aromatic hydroxyl groups is 2. The zero-order chi connectivity index (χ0) is 28.2. The Labute approximate surface area is 220 Å². The molecule has 0 aliphatic carbocycles. The molecule has 2 aromatic carbocycles. The number of hydrogen-bond acceptors (Lipinski definition) is 13. The number of aliphatic hydroxyl groups excluding tert-OH is 7. The second kappa shape index (κ2) is 10.5. The zero-order valence-corrected chi connectivity index (χ0v) is 20.2. The van der Waals surface area contributed by atoms with E-state index in [1.54, 1.807) is 30.3 Å². The topological polar surface area (TPSA) is 231 Å². The van der Waals surface area contributed by atoms with Gasteiger partial charge in [0.15, 0.2) is 11.0 Å². The van der Waals surface area contributed by atoms with Gasteiger partial charge in [-0.1, -0.05) is 30.3 Å². The Morgan fingerprint density at radius 3 is 2.13 bits per heavy atom. The molecule has 13 heteroatoms. The average Bonchev–Trinajstić information content (AvgIpc) is 2.93. The quantitative estimate of drug-likeness (QED) is 0.182. The van der Waals surface area contributed by atoms with Crippen LogP contribution >= 0.6 is 0 Å². The van der Waals surface area contributed by atoms with E-state index >= 15 is 0 Å². The molecular weight excluding hydrogens is 520 g/mol. The number of ether oxygens (including phenoxy) is 2. The lowest BCUT2D eigenvalue weighted by atomic mass is 9.85. The molecule has 0 saturated carbocycles. The van der Waals surface area contributed by atoms with Crippen LogP contribution in [-0.4, -0.2) is 102 Å². The summed E-state index contributed by atoms with van der Waals surface area (Å²) in [6.45, 7) is -1.29. The van der Waals surface area contributed by atoms with Gasteiger partial charge in [0.1, 0.15) is 77.6 Å². The van der Waals surface area contributed by atoms with Gasteiger partial charge in [0.05, 0.1) is 24.3 Å². The van der Waals surface area contributed by atoms with Gasteiger partial charge in [-0.15, -0.1) is 0 Å². The lowest BCUT2D eigenvalue weighted by Crippen LogP contribution is -2.55. The van der Waals surface area contributed by atoms with Gasteiger partial charge in [-0.2, -0.15) is 0 Å². The van der Waals surface area contributed by atoms with Crippen LogP contribution in [0.5, 0.6) is 11.5 Å². The second-order valence-corrected chi connectivity index (χ2v) is 9.62. The summed E-state index contributed by atoms with van der Waals surface area (Å²) in [5, 5.41) is 94.0. The Morgan fingerprint density at radius 1 is 0.795 bits per heavy atom. The van der Waals surface area contributed by atoms with Crippen LogP contribution in [0.2, 0.25) is 0 Å². The summed E-state index contributed by atoms with van der Waals surface area (Å²) in [6.07, 6.45) is -15.4. The van der Waals surface area contributed by atoms with Gasteiger partial charge in [0.25, 0.3) is 0 Å². The predicted octanol–water partition coefficient (Wildman–Crippen LogP) is -1.46. The van der Waals surface area contributed by atoms with Crippen molar-refractivity contribution >= 4 is 11.0 Å². The molecule has 0 bridgehead atoms. The fraction of sp³-hybridized carbons (Fsp3) is 0.423. The summed E-state index contributed by atoms with van der Waals surface area (Å²) in [4.78, 5) is 13.4. The first-order chi connectivity index (χ1) is 18.6. The molecule has 2 saturated heterocycles. The van der Waals surface area contributed by atoms with Crippen LogP contribution in [0.4, 0.5) is 0 Å². The Morgan fingerprint density at radius 2 is 1.46 bits per heavy atom. The Balaban J connectivity index is 1.80. The summed E-state index contributed by atoms with van der Waals surface area (Å²) in [5.74, 6) is -1.75. The highest BCUT2D eigenvalue weighted by atomic mass is 16.5. The largest absolute Gasteiger partial charge is 0.507 e. The minimum Gasteiger partial charge on any atom is -0.507 e. The molecule has 210 valence electrons. The van der Waals surface area contributed by atoms with Gasteiger partial charge in [0, 0.05) is 11.6 Å². The lowest BCUT2D eigenvalue weighted by molar-refractivity contribution is -0.232. The molecule has 9 N–H and O–H groups in total. The maximum atomic E-state index is 13.4. The third-order valence-corrected chi connectivity index (χ3v) is 7.21. The predicted molar refractivity (Wildman–Crippen MR) is 131 cm³/mol. The first-order valence-electron chi connectivity index (χ1n) is 12.1. The molecule has 5 rings (SSSR count). The Hall–Kier alpha value is -3.11. The van der Waals surface area contributed by atoms with Crippen LogP contribution in [0.25, 0.3) is 22.3 Å². The number of phenols is 2. The average molecular weight is 548 g/mol. The van der Waals surface area contributed by atoms with Crippen molar-refractivity contribution in [3.8, 4) is 22.8 Å². The Bertz CT molecular complexity index is 1400. The van der Waals surface area contributed by atoms with Crippen molar-refractivity contribution < 1.29 is 59.8 Å². The maximum absolute atomic E-state index is 13.4. The monoisotopic (exact) mass is 548 g/mol. The van der Waals surface area contributed by atoms with Crippen molar-refractivity contribution in [1.29, 1.82) is 0 Å². The highest BCUT2D eigenvalue weighted by Crippen LogP contribution is 2.50. The molecule has 3 heterocycles. The van der Waals surface area contributed by atoms with Crippen LogP contribution < -0.4 is 5.43 Å². The molecule has 2 fully saturated rings. The van der Waals surface area contributed by atoms with Crippen LogP contribution in [0.1, 0.15) is 23.3 Å².